The Balaban J connectivity index is 1.75. The summed E-state index contributed by atoms with van der Waals surface area (Å²) in [5.74, 6) is -3.10. The molecular weight excluding hydrogens is 271 g/mol. The summed E-state index contributed by atoms with van der Waals surface area (Å²) in [5, 5.41) is 10.6. The first-order valence-electron chi connectivity index (χ1n) is 6.34. The molecule has 1 heterocycles. The van der Waals surface area contributed by atoms with E-state index in [-0.39, 0.29) is 11.8 Å². The van der Waals surface area contributed by atoms with Gasteiger partial charge in [-0.2, -0.15) is 0 Å². The van der Waals surface area contributed by atoms with Gasteiger partial charge in [-0.15, -0.1) is 10.2 Å². The van der Waals surface area contributed by atoms with Crippen LogP contribution in [0.5, 0.6) is 0 Å². The summed E-state index contributed by atoms with van der Waals surface area (Å²) in [6.07, 6.45) is 2.82. The summed E-state index contributed by atoms with van der Waals surface area (Å²) in [6, 6.07) is 1.72. The highest BCUT2D eigenvalue weighted by Gasteiger charge is 2.21. The fourth-order valence-electron chi connectivity index (χ4n) is 1.87. The van der Waals surface area contributed by atoms with Gasteiger partial charge in [0.15, 0.2) is 0 Å². The second kappa shape index (κ2) is 5.24. The second-order valence-electron chi connectivity index (χ2n) is 4.72. The highest BCUT2D eigenvalue weighted by molar-refractivity contribution is 5.54. The number of nitrogens with one attached hydrogen (secondary N) is 1. The minimum absolute atomic E-state index is 0.276. The molecule has 7 heteroatoms. The first-order valence-corrected chi connectivity index (χ1v) is 6.34. The third-order valence-corrected chi connectivity index (χ3v) is 3.04. The molecule has 0 atom stereocenters. The van der Waals surface area contributed by atoms with Crippen LogP contribution in [0.4, 0.5) is 13.2 Å². The quantitative estimate of drug-likeness (QED) is 0.915. The Morgan fingerprint density at radius 2 is 1.85 bits per heavy atom. The Morgan fingerprint density at radius 1 is 1.15 bits per heavy atom. The number of hydrogen-bond donors (Lipinski definition) is 1. The van der Waals surface area contributed by atoms with Crippen molar-refractivity contribution in [3.8, 4) is 11.5 Å². The average Bonchev–Trinajstić information content (AvgIpc) is 3.07. The molecule has 0 unspecified atom stereocenters. The molecule has 1 saturated carbocycles. The van der Waals surface area contributed by atoms with Gasteiger partial charge in [0, 0.05) is 31.1 Å². The summed E-state index contributed by atoms with van der Waals surface area (Å²) in [4.78, 5) is 0. The van der Waals surface area contributed by atoms with Gasteiger partial charge in [0.25, 0.3) is 5.89 Å². The number of halogens is 3. The molecule has 1 aromatic carbocycles. The van der Waals surface area contributed by atoms with Gasteiger partial charge < -0.3 is 9.73 Å². The van der Waals surface area contributed by atoms with E-state index >= 15 is 0 Å². The molecule has 20 heavy (non-hydrogen) atoms. The molecule has 1 N–H and O–H groups in total. The molecule has 0 saturated heterocycles. The van der Waals surface area contributed by atoms with E-state index in [1.807, 2.05) is 0 Å². The highest BCUT2D eigenvalue weighted by Crippen LogP contribution is 2.26. The third-order valence-electron chi connectivity index (χ3n) is 3.04. The molecule has 0 spiro atoms. The van der Waals surface area contributed by atoms with Crippen LogP contribution in [0.15, 0.2) is 16.5 Å². The molecular formula is C13H12F3N3O. The van der Waals surface area contributed by atoms with Crippen molar-refractivity contribution in [1.29, 1.82) is 0 Å². The van der Waals surface area contributed by atoms with E-state index in [2.05, 4.69) is 15.5 Å². The zero-order valence-corrected chi connectivity index (χ0v) is 10.5. The Hall–Kier alpha value is -1.89. The molecule has 0 bridgehead atoms. The second-order valence-corrected chi connectivity index (χ2v) is 4.72. The predicted octanol–water partition coefficient (Wildman–Crippen LogP) is 2.45. The molecule has 4 nitrogen and oxygen atoms in total. The fraction of sp³-hybridized carbons (Fsp3) is 0.385. The largest absolute Gasteiger partial charge is 0.420 e. The van der Waals surface area contributed by atoms with E-state index in [0.717, 1.165) is 0 Å². The van der Waals surface area contributed by atoms with Crippen molar-refractivity contribution in [3.63, 3.8) is 0 Å². The van der Waals surface area contributed by atoms with Crippen molar-refractivity contribution in [1.82, 2.24) is 15.5 Å². The van der Waals surface area contributed by atoms with Crippen molar-refractivity contribution < 1.29 is 17.6 Å². The van der Waals surface area contributed by atoms with E-state index in [1.54, 1.807) is 0 Å². The van der Waals surface area contributed by atoms with Crippen molar-refractivity contribution in [2.45, 2.75) is 25.3 Å². The molecule has 0 aliphatic heterocycles. The van der Waals surface area contributed by atoms with Gasteiger partial charge in [-0.3, -0.25) is 0 Å². The highest BCUT2D eigenvalue weighted by atomic mass is 19.1. The zero-order valence-electron chi connectivity index (χ0n) is 10.5. The lowest BCUT2D eigenvalue weighted by Crippen LogP contribution is -2.19. The molecule has 1 aliphatic rings. The van der Waals surface area contributed by atoms with E-state index in [0.29, 0.717) is 31.1 Å². The maximum absolute atomic E-state index is 13.6. The van der Waals surface area contributed by atoms with E-state index < -0.39 is 23.0 Å². The molecule has 1 fully saturated rings. The predicted molar refractivity (Wildman–Crippen MR) is 64.3 cm³/mol. The number of hydrogen-bond acceptors (Lipinski definition) is 4. The van der Waals surface area contributed by atoms with E-state index in [9.17, 15) is 13.2 Å². The summed E-state index contributed by atoms with van der Waals surface area (Å²) in [7, 11) is 0. The molecule has 0 radical (unpaired) electrons. The first-order chi connectivity index (χ1) is 9.63. The van der Waals surface area contributed by atoms with Gasteiger partial charge in [-0.25, -0.2) is 13.2 Å². The van der Waals surface area contributed by atoms with Crippen LogP contribution in [0.2, 0.25) is 0 Å². The van der Waals surface area contributed by atoms with E-state index in [4.69, 9.17) is 4.42 Å². The van der Waals surface area contributed by atoms with E-state index in [1.165, 1.54) is 12.8 Å². The first kappa shape index (κ1) is 13.1. The minimum Gasteiger partial charge on any atom is -0.420 e. The molecule has 3 rings (SSSR count). The monoisotopic (exact) mass is 283 g/mol. The number of rotatable bonds is 5. The Kier molecular flexibility index (Phi) is 3.43. The van der Waals surface area contributed by atoms with Crippen LogP contribution in [0.3, 0.4) is 0 Å². The molecule has 0 amide bonds. The van der Waals surface area contributed by atoms with Crippen molar-refractivity contribution >= 4 is 0 Å². The summed E-state index contributed by atoms with van der Waals surface area (Å²) in [5.41, 5.74) is -0.500. The topological polar surface area (TPSA) is 51.0 Å². The van der Waals surface area contributed by atoms with Gasteiger partial charge in [0.1, 0.15) is 23.0 Å². The van der Waals surface area contributed by atoms with Crippen molar-refractivity contribution in [2.24, 2.45) is 0 Å². The standard InChI is InChI=1S/C13H12F3N3O/c14-7-5-9(15)12(10(16)6-7)13-19-18-11(20-13)3-4-17-8-1-2-8/h5-6,8,17H,1-4H2. The number of benzene rings is 1. The lowest BCUT2D eigenvalue weighted by Gasteiger charge is -2.00. The molecule has 1 aromatic heterocycles. The Labute approximate surface area is 113 Å². The lowest BCUT2D eigenvalue weighted by atomic mass is 10.2. The Morgan fingerprint density at radius 3 is 2.50 bits per heavy atom. The number of nitrogens with zero attached hydrogens (tertiary/aromatic N) is 2. The van der Waals surface area contributed by atoms with Gasteiger partial charge in [0.05, 0.1) is 0 Å². The fourth-order valence-corrected chi connectivity index (χ4v) is 1.87. The van der Waals surface area contributed by atoms with Crippen LogP contribution in [0, 0.1) is 17.5 Å². The van der Waals surface area contributed by atoms with Crippen LogP contribution in [0.25, 0.3) is 11.5 Å². The van der Waals surface area contributed by atoms with Crippen molar-refractivity contribution in [3.05, 3.63) is 35.5 Å². The lowest BCUT2D eigenvalue weighted by molar-refractivity contribution is 0.483. The van der Waals surface area contributed by atoms with Crippen LogP contribution in [-0.4, -0.2) is 22.8 Å². The third kappa shape index (κ3) is 2.82. The van der Waals surface area contributed by atoms with Crippen LogP contribution >= 0.6 is 0 Å². The van der Waals surface area contributed by atoms with Gasteiger partial charge in [0.2, 0.25) is 5.89 Å². The van der Waals surface area contributed by atoms with Gasteiger partial charge in [-0.1, -0.05) is 0 Å². The molecule has 2 aromatic rings. The summed E-state index contributed by atoms with van der Waals surface area (Å²) >= 11 is 0. The minimum atomic E-state index is -1.06. The average molecular weight is 283 g/mol. The van der Waals surface area contributed by atoms with Crippen LogP contribution < -0.4 is 5.32 Å². The summed E-state index contributed by atoms with van der Waals surface area (Å²) < 4.78 is 45.1. The molecule has 106 valence electrons. The van der Waals surface area contributed by atoms with Gasteiger partial charge in [-0.05, 0) is 12.8 Å². The van der Waals surface area contributed by atoms with Crippen LogP contribution in [-0.2, 0) is 6.42 Å². The maximum Gasteiger partial charge on any atom is 0.253 e. The Bertz CT molecular complexity index is 602. The molecule has 1 aliphatic carbocycles. The normalized spacial score (nSPS) is 14.8. The number of aromatic nitrogens is 2. The summed E-state index contributed by atoms with van der Waals surface area (Å²) in [6.45, 7) is 0.667. The SMILES string of the molecule is Fc1cc(F)c(-c2nnc(CCNC3CC3)o2)c(F)c1. The smallest absolute Gasteiger partial charge is 0.253 e. The zero-order chi connectivity index (χ0) is 14.1. The maximum atomic E-state index is 13.6. The van der Waals surface area contributed by atoms with Gasteiger partial charge >= 0.3 is 0 Å². The van der Waals surface area contributed by atoms with Crippen LogP contribution in [0.1, 0.15) is 18.7 Å². The van der Waals surface area contributed by atoms with Crippen molar-refractivity contribution in [2.75, 3.05) is 6.54 Å².